The molecule has 0 saturated carbocycles. The van der Waals surface area contributed by atoms with Gasteiger partial charge < -0.3 is 16.0 Å². The van der Waals surface area contributed by atoms with Gasteiger partial charge >= 0.3 is 0 Å². The molecule has 1 aliphatic rings. The molecule has 1 aliphatic heterocycles. The molecule has 21 heavy (non-hydrogen) atoms. The molecule has 110 valence electrons. The van der Waals surface area contributed by atoms with Gasteiger partial charge in [0.15, 0.2) is 0 Å². The van der Waals surface area contributed by atoms with Crippen LogP contribution < -0.4 is 16.0 Å². The Morgan fingerprint density at radius 1 is 1.24 bits per heavy atom. The molecular formula is C13H13N3O3S2. The van der Waals surface area contributed by atoms with E-state index in [1.807, 2.05) is 0 Å². The fourth-order valence-electron chi connectivity index (χ4n) is 1.75. The number of anilines is 2. The van der Waals surface area contributed by atoms with Crippen LogP contribution in [-0.4, -0.2) is 27.3 Å². The molecule has 1 aromatic carbocycles. The number of thiocarbonyl (C=S) groups is 1. The number of carbonyl (C=O) groups is 3. The maximum absolute atomic E-state index is 11.9. The minimum Gasteiger partial charge on any atom is -0.326 e. The Morgan fingerprint density at radius 3 is 2.29 bits per heavy atom. The molecule has 0 aromatic heterocycles. The van der Waals surface area contributed by atoms with Crippen LogP contribution in [-0.2, 0) is 14.4 Å². The molecule has 3 amide bonds. The Balaban J connectivity index is 1.89. The van der Waals surface area contributed by atoms with Crippen molar-refractivity contribution >= 4 is 57.4 Å². The molecule has 1 aromatic rings. The number of thioether (sulfide) groups is 1. The third kappa shape index (κ3) is 4.54. The van der Waals surface area contributed by atoms with Crippen LogP contribution in [0.3, 0.4) is 0 Å². The first-order valence-corrected chi connectivity index (χ1v) is 7.42. The van der Waals surface area contributed by atoms with Crippen LogP contribution in [0.25, 0.3) is 0 Å². The first kappa shape index (κ1) is 15.5. The van der Waals surface area contributed by atoms with Gasteiger partial charge in [-0.05, 0) is 24.3 Å². The molecule has 6 nitrogen and oxygen atoms in total. The number of benzene rings is 1. The summed E-state index contributed by atoms with van der Waals surface area (Å²) in [4.78, 5) is 34.2. The molecular weight excluding hydrogens is 310 g/mol. The van der Waals surface area contributed by atoms with E-state index in [0.717, 1.165) is 0 Å². The highest BCUT2D eigenvalue weighted by molar-refractivity contribution is 8.24. The van der Waals surface area contributed by atoms with Crippen LogP contribution in [0.15, 0.2) is 24.3 Å². The fourth-order valence-corrected chi connectivity index (χ4v) is 3.02. The summed E-state index contributed by atoms with van der Waals surface area (Å²) < 4.78 is 0.400. The van der Waals surface area contributed by atoms with Crippen molar-refractivity contribution in [2.45, 2.75) is 18.6 Å². The monoisotopic (exact) mass is 323 g/mol. The minimum atomic E-state index is -0.476. The van der Waals surface area contributed by atoms with E-state index in [1.165, 1.54) is 18.7 Å². The van der Waals surface area contributed by atoms with Gasteiger partial charge in [-0.3, -0.25) is 14.4 Å². The molecule has 0 aliphatic carbocycles. The first-order chi connectivity index (χ1) is 9.94. The lowest BCUT2D eigenvalue weighted by atomic mass is 10.2. The Labute approximate surface area is 131 Å². The van der Waals surface area contributed by atoms with Crippen molar-refractivity contribution < 1.29 is 14.4 Å². The van der Waals surface area contributed by atoms with E-state index >= 15 is 0 Å². The third-order valence-electron chi connectivity index (χ3n) is 2.63. The summed E-state index contributed by atoms with van der Waals surface area (Å²) in [6.45, 7) is 1.42. The zero-order chi connectivity index (χ0) is 15.4. The van der Waals surface area contributed by atoms with Gasteiger partial charge in [0.1, 0.15) is 4.32 Å². The summed E-state index contributed by atoms with van der Waals surface area (Å²) in [5.41, 5.74) is 1.25. The summed E-state index contributed by atoms with van der Waals surface area (Å²) >= 11 is 6.05. The second-order valence-electron chi connectivity index (χ2n) is 4.39. The summed E-state index contributed by atoms with van der Waals surface area (Å²) in [7, 11) is 0. The zero-order valence-corrected chi connectivity index (χ0v) is 12.8. The van der Waals surface area contributed by atoms with Gasteiger partial charge in [0.05, 0.1) is 5.25 Å². The molecule has 0 unspecified atom stereocenters. The van der Waals surface area contributed by atoms with Crippen molar-refractivity contribution in [3.8, 4) is 0 Å². The van der Waals surface area contributed by atoms with E-state index in [1.54, 1.807) is 24.3 Å². The van der Waals surface area contributed by atoms with E-state index in [-0.39, 0.29) is 24.1 Å². The normalized spacial score (nSPS) is 17.3. The fraction of sp³-hybridized carbons (Fsp3) is 0.231. The third-order valence-corrected chi connectivity index (χ3v) is 4.00. The zero-order valence-electron chi connectivity index (χ0n) is 11.1. The Kier molecular flexibility index (Phi) is 4.92. The molecule has 1 heterocycles. The van der Waals surface area contributed by atoms with Crippen molar-refractivity contribution in [1.82, 2.24) is 5.32 Å². The molecule has 1 atom stereocenters. The lowest BCUT2D eigenvalue weighted by Crippen LogP contribution is -2.27. The van der Waals surface area contributed by atoms with Crippen molar-refractivity contribution in [1.29, 1.82) is 0 Å². The van der Waals surface area contributed by atoms with Gasteiger partial charge in [-0.15, -0.1) is 0 Å². The average Bonchev–Trinajstić information content (AvgIpc) is 2.69. The van der Waals surface area contributed by atoms with Crippen molar-refractivity contribution in [3.63, 3.8) is 0 Å². The summed E-state index contributed by atoms with van der Waals surface area (Å²) in [5, 5.41) is 7.35. The molecule has 3 N–H and O–H groups in total. The SMILES string of the molecule is CC(=O)Nc1ccc(NC(=O)C[C@@H]2SC(=S)NC2=O)cc1. The Morgan fingerprint density at radius 2 is 1.81 bits per heavy atom. The highest BCUT2D eigenvalue weighted by Gasteiger charge is 2.30. The summed E-state index contributed by atoms with van der Waals surface area (Å²) in [5.74, 6) is -0.659. The van der Waals surface area contributed by atoms with Gasteiger partial charge in [-0.2, -0.15) is 0 Å². The van der Waals surface area contributed by atoms with E-state index < -0.39 is 5.25 Å². The second-order valence-corrected chi connectivity index (χ2v) is 6.27. The molecule has 1 fully saturated rings. The van der Waals surface area contributed by atoms with E-state index in [9.17, 15) is 14.4 Å². The standard InChI is InChI=1S/C13H13N3O3S2/c1-7(17)14-8-2-4-9(5-3-8)15-11(18)6-10-12(19)16-13(20)21-10/h2-5,10H,6H2,1H3,(H,14,17)(H,15,18)(H,16,19,20)/t10-/m0/s1. The highest BCUT2D eigenvalue weighted by Crippen LogP contribution is 2.23. The van der Waals surface area contributed by atoms with Gasteiger partial charge in [-0.1, -0.05) is 24.0 Å². The predicted octanol–water partition coefficient (Wildman–Crippen LogP) is 1.49. The maximum Gasteiger partial charge on any atom is 0.239 e. The van der Waals surface area contributed by atoms with Crippen LogP contribution in [0.5, 0.6) is 0 Å². The molecule has 8 heteroatoms. The largest absolute Gasteiger partial charge is 0.326 e. The lowest BCUT2D eigenvalue weighted by Gasteiger charge is -2.08. The van der Waals surface area contributed by atoms with E-state index in [4.69, 9.17) is 12.2 Å². The van der Waals surface area contributed by atoms with E-state index in [2.05, 4.69) is 16.0 Å². The average molecular weight is 323 g/mol. The minimum absolute atomic E-state index is 0.0596. The van der Waals surface area contributed by atoms with Crippen LogP contribution in [0.1, 0.15) is 13.3 Å². The lowest BCUT2D eigenvalue weighted by molar-refractivity contribution is -0.122. The van der Waals surface area contributed by atoms with E-state index in [0.29, 0.717) is 15.7 Å². The number of hydrogen-bond acceptors (Lipinski definition) is 5. The van der Waals surface area contributed by atoms with Gasteiger partial charge in [-0.25, -0.2) is 0 Å². The van der Waals surface area contributed by atoms with Gasteiger partial charge in [0, 0.05) is 24.7 Å². The highest BCUT2D eigenvalue weighted by atomic mass is 32.2. The van der Waals surface area contributed by atoms with Gasteiger partial charge in [0.2, 0.25) is 17.7 Å². The second kappa shape index (κ2) is 6.68. The molecule has 2 rings (SSSR count). The van der Waals surface area contributed by atoms with Gasteiger partial charge in [0.25, 0.3) is 0 Å². The molecule has 0 bridgehead atoms. The number of hydrogen-bond donors (Lipinski definition) is 3. The molecule has 1 saturated heterocycles. The number of amides is 3. The summed E-state index contributed by atoms with van der Waals surface area (Å²) in [6.07, 6.45) is 0.0596. The number of rotatable bonds is 4. The van der Waals surface area contributed by atoms with Crippen LogP contribution in [0.2, 0.25) is 0 Å². The Hall–Kier alpha value is -1.93. The number of carbonyl (C=O) groups excluding carboxylic acids is 3. The molecule has 0 spiro atoms. The van der Waals surface area contributed by atoms with Crippen molar-refractivity contribution in [2.24, 2.45) is 0 Å². The number of nitrogens with one attached hydrogen (secondary N) is 3. The molecule has 0 radical (unpaired) electrons. The van der Waals surface area contributed by atoms with Crippen LogP contribution in [0.4, 0.5) is 11.4 Å². The van der Waals surface area contributed by atoms with Crippen LogP contribution in [0, 0.1) is 0 Å². The van der Waals surface area contributed by atoms with Crippen molar-refractivity contribution in [2.75, 3.05) is 10.6 Å². The van der Waals surface area contributed by atoms with Crippen LogP contribution >= 0.6 is 24.0 Å². The quantitative estimate of drug-likeness (QED) is 0.731. The topological polar surface area (TPSA) is 87.3 Å². The first-order valence-electron chi connectivity index (χ1n) is 6.13. The van der Waals surface area contributed by atoms with Crippen molar-refractivity contribution in [3.05, 3.63) is 24.3 Å². The Bertz CT molecular complexity index is 601. The predicted molar refractivity (Wildman–Crippen MR) is 86.1 cm³/mol. The smallest absolute Gasteiger partial charge is 0.239 e. The maximum atomic E-state index is 11.9. The summed E-state index contributed by atoms with van der Waals surface area (Å²) in [6, 6.07) is 6.72.